The topological polar surface area (TPSA) is 72.5 Å². The van der Waals surface area contributed by atoms with Crippen LogP contribution in [0, 0.1) is 0 Å². The van der Waals surface area contributed by atoms with Gasteiger partial charge in [0.25, 0.3) is 0 Å². The van der Waals surface area contributed by atoms with Crippen LogP contribution in [-0.2, 0) is 47.2 Å². The maximum absolute atomic E-state index is 14.4. The molecule has 0 radical (unpaired) electrons. The fourth-order valence-electron chi connectivity index (χ4n) is 7.37. The Labute approximate surface area is 338 Å². The average Bonchev–Trinajstić information content (AvgIpc) is 3.28. The summed E-state index contributed by atoms with van der Waals surface area (Å²) in [4.78, 5) is 15.4. The van der Waals surface area contributed by atoms with E-state index in [4.69, 9.17) is 28.4 Å². The van der Waals surface area contributed by atoms with E-state index in [1.54, 1.807) is 11.8 Å². The molecule has 0 aromatic heterocycles. The van der Waals surface area contributed by atoms with Crippen molar-refractivity contribution in [2.75, 3.05) is 12.4 Å². The minimum Gasteiger partial charge on any atom is -0.368 e. The van der Waals surface area contributed by atoms with E-state index in [0.717, 1.165) is 27.1 Å². The Hall–Kier alpha value is -4.90. The summed E-state index contributed by atoms with van der Waals surface area (Å²) in [5, 5.41) is 0. The first-order valence-electron chi connectivity index (χ1n) is 19.4. The number of carbonyl (C=O) groups excluding carboxylic acids is 1. The van der Waals surface area contributed by atoms with Gasteiger partial charge in [-0.25, -0.2) is 0 Å². The molecule has 8 heteroatoms. The van der Waals surface area contributed by atoms with E-state index in [1.807, 2.05) is 170 Å². The van der Waals surface area contributed by atoms with Crippen molar-refractivity contribution in [3.63, 3.8) is 0 Å². The predicted octanol–water partition coefficient (Wildman–Crippen LogP) is 9.97. The Morgan fingerprint density at radius 1 is 0.614 bits per heavy atom. The number of fused-ring (bicyclic) bond motifs is 1. The molecule has 0 saturated carbocycles. The van der Waals surface area contributed by atoms with Crippen molar-refractivity contribution in [3.8, 4) is 0 Å². The van der Waals surface area contributed by atoms with Crippen molar-refractivity contribution >= 4 is 17.5 Å². The van der Waals surface area contributed by atoms with Crippen LogP contribution in [-0.4, -0.2) is 48.8 Å². The Balaban J connectivity index is 1.20. The van der Waals surface area contributed by atoms with E-state index < -0.39 is 42.6 Å². The van der Waals surface area contributed by atoms with Gasteiger partial charge in [-0.05, 0) is 28.8 Å². The molecule has 0 bridgehead atoms. The predicted molar refractivity (Wildman–Crippen MR) is 220 cm³/mol. The molecule has 0 unspecified atom stereocenters. The fourth-order valence-corrected chi connectivity index (χ4v) is 8.45. The summed E-state index contributed by atoms with van der Waals surface area (Å²) in [6.07, 6.45) is -4.11. The summed E-state index contributed by atoms with van der Waals surface area (Å²) in [5.41, 5.74) is 3.21. The van der Waals surface area contributed by atoms with Crippen LogP contribution in [0.2, 0.25) is 0 Å². The largest absolute Gasteiger partial charge is 0.368 e. The van der Waals surface area contributed by atoms with Gasteiger partial charge >= 0.3 is 0 Å². The number of ether oxygens (including phenoxy) is 6. The lowest BCUT2D eigenvalue weighted by molar-refractivity contribution is -0.384. The van der Waals surface area contributed by atoms with Crippen molar-refractivity contribution < 1.29 is 33.2 Å². The molecule has 2 fully saturated rings. The molecule has 8 rings (SSSR count). The molecule has 2 heterocycles. The molecule has 6 aromatic rings. The first-order chi connectivity index (χ1) is 28.1. The van der Waals surface area contributed by atoms with Gasteiger partial charge in [0, 0.05) is 28.2 Å². The third kappa shape index (κ3) is 9.80. The average molecular weight is 779 g/mol. The number of Topliss-reactive ketones (excluding diaryl/α,β-unsaturated/α-hetero) is 1. The third-order valence-corrected chi connectivity index (χ3v) is 11.5. The van der Waals surface area contributed by atoms with Gasteiger partial charge in [-0.1, -0.05) is 170 Å². The van der Waals surface area contributed by atoms with Crippen LogP contribution in [0.15, 0.2) is 187 Å². The van der Waals surface area contributed by atoms with Crippen molar-refractivity contribution in [1.29, 1.82) is 0 Å². The number of thioether (sulfide) groups is 1. The van der Waals surface area contributed by atoms with Crippen LogP contribution in [0.25, 0.3) is 0 Å². The Kier molecular flexibility index (Phi) is 13.0. The van der Waals surface area contributed by atoms with Crippen LogP contribution >= 0.6 is 11.8 Å². The smallest absolute Gasteiger partial charge is 0.188 e. The SMILES string of the molecule is O=C(C[C@](CSc1ccccc1)(O[C@H]1O[C@@H]2CO[C@@H](c3ccccc3)O[C@H]2[C@H](OCc2ccccc2)[C@H]1OCc1ccccc1)c1ccccc1)c1ccccc1. The molecule has 0 aliphatic carbocycles. The van der Waals surface area contributed by atoms with E-state index in [9.17, 15) is 4.79 Å². The van der Waals surface area contributed by atoms with Crippen molar-refractivity contribution in [1.82, 2.24) is 0 Å². The number of hydrogen-bond acceptors (Lipinski definition) is 8. The molecule has 7 nitrogen and oxygen atoms in total. The van der Waals surface area contributed by atoms with Crippen LogP contribution < -0.4 is 0 Å². The lowest BCUT2D eigenvalue weighted by Gasteiger charge is -2.51. The molecule has 7 atom stereocenters. The highest BCUT2D eigenvalue weighted by atomic mass is 32.2. The van der Waals surface area contributed by atoms with Crippen LogP contribution in [0.5, 0.6) is 0 Å². The van der Waals surface area contributed by atoms with E-state index in [2.05, 4.69) is 12.1 Å². The zero-order chi connectivity index (χ0) is 38.7. The standard InChI is InChI=1S/C49H46O7S/c50-42(38-23-11-3-12-24-38)31-49(40-27-15-5-16-28-40,35-57-41-29-17-6-18-30-41)56-48-46(52-33-37-21-9-2-10-22-37)45(51-32-36-19-7-1-8-20-36)44-43(54-48)34-53-47(55-44)39-25-13-4-14-26-39/h1-30,43-48H,31-35H2/t43-,44-,45+,46-,47-,48-,49-/m1/s1. The van der Waals surface area contributed by atoms with Gasteiger partial charge in [0.1, 0.15) is 30.0 Å². The molecule has 0 spiro atoms. The maximum atomic E-state index is 14.4. The molecular formula is C49H46O7S. The summed E-state index contributed by atoms with van der Waals surface area (Å²) in [6.45, 7) is 0.823. The zero-order valence-corrected chi connectivity index (χ0v) is 32.4. The van der Waals surface area contributed by atoms with Crippen molar-refractivity contribution in [2.45, 2.75) is 67.1 Å². The molecule has 57 heavy (non-hydrogen) atoms. The molecule has 0 amide bonds. The molecule has 6 aromatic carbocycles. The summed E-state index contributed by atoms with van der Waals surface area (Å²) < 4.78 is 41.4. The number of benzene rings is 6. The normalized spacial score (nSPS) is 22.9. The molecule has 2 saturated heterocycles. The minimum atomic E-state index is -1.16. The third-order valence-electron chi connectivity index (χ3n) is 10.3. The lowest BCUT2D eigenvalue weighted by Crippen LogP contribution is -2.64. The highest BCUT2D eigenvalue weighted by Gasteiger charge is 2.54. The Morgan fingerprint density at radius 2 is 1.14 bits per heavy atom. The summed E-state index contributed by atoms with van der Waals surface area (Å²) >= 11 is 1.63. The number of carbonyl (C=O) groups is 1. The highest BCUT2D eigenvalue weighted by molar-refractivity contribution is 7.99. The number of ketones is 1. The first kappa shape index (κ1) is 38.9. The summed E-state index contributed by atoms with van der Waals surface area (Å²) in [6, 6.07) is 59.5. The Bertz CT molecular complexity index is 2110. The highest BCUT2D eigenvalue weighted by Crippen LogP contribution is 2.43. The second-order valence-corrected chi connectivity index (χ2v) is 15.3. The van der Waals surface area contributed by atoms with E-state index in [-0.39, 0.29) is 25.4 Å². The second kappa shape index (κ2) is 19.0. The zero-order valence-electron chi connectivity index (χ0n) is 31.6. The van der Waals surface area contributed by atoms with Gasteiger partial charge in [0.05, 0.1) is 19.8 Å². The van der Waals surface area contributed by atoms with Gasteiger partial charge in [0.15, 0.2) is 18.4 Å². The second-order valence-electron chi connectivity index (χ2n) is 14.3. The number of rotatable bonds is 16. The quantitative estimate of drug-likeness (QED) is 0.0711. The minimum absolute atomic E-state index is 0.0459. The number of hydrogen-bond donors (Lipinski definition) is 0. The van der Waals surface area contributed by atoms with Gasteiger partial charge in [-0.2, -0.15) is 0 Å². The van der Waals surface area contributed by atoms with Gasteiger partial charge in [0.2, 0.25) is 0 Å². The fraction of sp³-hybridized carbons (Fsp3) is 0.245. The van der Waals surface area contributed by atoms with Crippen molar-refractivity contribution in [3.05, 3.63) is 210 Å². The van der Waals surface area contributed by atoms with E-state index >= 15 is 0 Å². The molecule has 2 aliphatic heterocycles. The molecule has 0 N–H and O–H groups in total. The maximum Gasteiger partial charge on any atom is 0.188 e. The molecule has 290 valence electrons. The van der Waals surface area contributed by atoms with Crippen LogP contribution in [0.4, 0.5) is 0 Å². The monoisotopic (exact) mass is 778 g/mol. The van der Waals surface area contributed by atoms with Crippen LogP contribution in [0.3, 0.4) is 0 Å². The van der Waals surface area contributed by atoms with Crippen molar-refractivity contribution in [2.24, 2.45) is 0 Å². The van der Waals surface area contributed by atoms with E-state index in [0.29, 0.717) is 17.9 Å². The molecule has 2 aliphatic rings. The summed E-state index contributed by atoms with van der Waals surface area (Å²) in [5.74, 6) is 0.368. The van der Waals surface area contributed by atoms with E-state index in [1.165, 1.54) is 0 Å². The molecular weight excluding hydrogens is 733 g/mol. The Morgan fingerprint density at radius 3 is 1.75 bits per heavy atom. The van der Waals surface area contributed by atoms with Gasteiger partial charge in [-0.15, -0.1) is 11.8 Å². The summed E-state index contributed by atoms with van der Waals surface area (Å²) in [7, 11) is 0. The van der Waals surface area contributed by atoms with Gasteiger partial charge in [-0.3, -0.25) is 4.79 Å². The van der Waals surface area contributed by atoms with Gasteiger partial charge < -0.3 is 28.4 Å². The first-order valence-corrected chi connectivity index (χ1v) is 20.4. The van der Waals surface area contributed by atoms with Crippen LogP contribution in [0.1, 0.15) is 45.3 Å². The lowest BCUT2D eigenvalue weighted by atomic mass is 9.87.